The second kappa shape index (κ2) is 8.83. The first-order chi connectivity index (χ1) is 10.3. The molecule has 0 atom stereocenters. The van der Waals surface area contributed by atoms with Crippen LogP contribution in [0, 0.1) is 11.8 Å². The highest BCUT2D eigenvalue weighted by Gasteiger charge is 2.14. The summed E-state index contributed by atoms with van der Waals surface area (Å²) in [4.78, 5) is 12.6. The summed E-state index contributed by atoms with van der Waals surface area (Å²) in [6.07, 6.45) is 6.45. The molecule has 1 aliphatic carbocycles. The highest BCUT2D eigenvalue weighted by atomic mass is 32.1. The normalized spacial score (nSPS) is 15.3. The van der Waals surface area contributed by atoms with E-state index in [1.807, 2.05) is 5.38 Å². The van der Waals surface area contributed by atoms with Crippen LogP contribution in [0.5, 0.6) is 0 Å². The fraction of sp³-hybridized carbons (Fsp3) is 0.562. The molecule has 0 aliphatic heterocycles. The third-order valence-electron chi connectivity index (χ3n) is 3.47. The lowest BCUT2D eigenvalue weighted by molar-refractivity contribution is 0.0300. The minimum atomic E-state index is -0.202. The van der Waals surface area contributed by atoms with E-state index in [0.717, 1.165) is 12.8 Å². The Balaban J connectivity index is 1.73. The standard InChI is InChI=1S/C16H21NO3S/c18-10-4-5-13-8-12-21-15(13)16(19)17-9-11-20-14-6-2-1-3-7-14/h8,12,14,18H,1-3,6-7,9-11H2,(H,17,19). The summed E-state index contributed by atoms with van der Waals surface area (Å²) < 4.78 is 5.77. The average molecular weight is 307 g/mol. The molecule has 0 saturated heterocycles. The molecular formula is C16H21NO3S. The van der Waals surface area contributed by atoms with Crippen LogP contribution in [0.3, 0.4) is 0 Å². The van der Waals surface area contributed by atoms with Crippen molar-refractivity contribution in [3.05, 3.63) is 21.9 Å². The van der Waals surface area contributed by atoms with Gasteiger partial charge in [0.25, 0.3) is 5.91 Å². The molecule has 0 radical (unpaired) electrons. The number of carbonyl (C=O) groups is 1. The number of aliphatic hydroxyl groups is 1. The molecule has 0 bridgehead atoms. The number of nitrogens with one attached hydrogen (secondary N) is 1. The van der Waals surface area contributed by atoms with Crippen LogP contribution in [0.1, 0.15) is 47.3 Å². The van der Waals surface area contributed by atoms with E-state index in [4.69, 9.17) is 9.84 Å². The van der Waals surface area contributed by atoms with Gasteiger partial charge in [-0.2, -0.15) is 0 Å². The predicted octanol–water partition coefficient (Wildman–Crippen LogP) is 2.17. The van der Waals surface area contributed by atoms with Gasteiger partial charge in [-0.15, -0.1) is 11.3 Å². The van der Waals surface area contributed by atoms with Gasteiger partial charge in [0.2, 0.25) is 0 Å². The smallest absolute Gasteiger partial charge is 0.262 e. The van der Waals surface area contributed by atoms with E-state index in [2.05, 4.69) is 17.2 Å². The van der Waals surface area contributed by atoms with E-state index < -0.39 is 0 Å². The van der Waals surface area contributed by atoms with E-state index >= 15 is 0 Å². The van der Waals surface area contributed by atoms with Gasteiger partial charge in [-0.05, 0) is 24.3 Å². The largest absolute Gasteiger partial charge is 0.384 e. The first-order valence-corrected chi connectivity index (χ1v) is 8.26. The Morgan fingerprint density at radius 1 is 1.43 bits per heavy atom. The van der Waals surface area contributed by atoms with Crippen LogP contribution < -0.4 is 5.32 Å². The monoisotopic (exact) mass is 307 g/mol. The van der Waals surface area contributed by atoms with Gasteiger partial charge < -0.3 is 15.2 Å². The number of thiophene rings is 1. The second-order valence-electron chi connectivity index (χ2n) is 5.01. The molecule has 5 heteroatoms. The summed E-state index contributed by atoms with van der Waals surface area (Å²) in [5, 5.41) is 13.4. The zero-order valence-corrected chi connectivity index (χ0v) is 12.9. The molecule has 1 heterocycles. The molecule has 2 N–H and O–H groups in total. The van der Waals surface area contributed by atoms with Crippen molar-refractivity contribution in [3.63, 3.8) is 0 Å². The van der Waals surface area contributed by atoms with Gasteiger partial charge >= 0.3 is 0 Å². The summed E-state index contributed by atoms with van der Waals surface area (Å²) in [6.45, 7) is 0.867. The van der Waals surface area contributed by atoms with Gasteiger partial charge in [0.05, 0.1) is 12.7 Å². The third-order valence-corrected chi connectivity index (χ3v) is 4.38. The van der Waals surface area contributed by atoms with Crippen molar-refractivity contribution in [2.75, 3.05) is 19.8 Å². The maximum atomic E-state index is 12.1. The van der Waals surface area contributed by atoms with Crippen molar-refractivity contribution in [2.45, 2.75) is 38.2 Å². The molecule has 4 nitrogen and oxygen atoms in total. The minimum Gasteiger partial charge on any atom is -0.384 e. The summed E-state index contributed by atoms with van der Waals surface area (Å²) in [6, 6.07) is 1.79. The zero-order chi connectivity index (χ0) is 14.9. The molecular weight excluding hydrogens is 286 g/mol. The highest BCUT2D eigenvalue weighted by Crippen LogP contribution is 2.20. The Morgan fingerprint density at radius 2 is 2.24 bits per heavy atom. The van der Waals surface area contributed by atoms with Crippen LogP contribution in [-0.4, -0.2) is 36.9 Å². The molecule has 1 aliphatic rings. The van der Waals surface area contributed by atoms with Gasteiger partial charge in [0.15, 0.2) is 0 Å². The lowest BCUT2D eigenvalue weighted by Crippen LogP contribution is -2.29. The molecule has 1 saturated carbocycles. The molecule has 1 aromatic heterocycles. The van der Waals surface area contributed by atoms with E-state index in [-0.39, 0.29) is 12.5 Å². The molecule has 0 aromatic carbocycles. The number of amides is 1. The van der Waals surface area contributed by atoms with Crippen LogP contribution in [0.2, 0.25) is 0 Å². The molecule has 114 valence electrons. The van der Waals surface area contributed by atoms with E-state index in [1.165, 1.54) is 30.6 Å². The second-order valence-corrected chi connectivity index (χ2v) is 5.93. The SMILES string of the molecule is O=C(NCCOC1CCCCC1)c1sccc1C#CCO. The minimum absolute atomic E-state index is 0.125. The quantitative estimate of drug-likeness (QED) is 0.647. The maximum Gasteiger partial charge on any atom is 0.262 e. The van der Waals surface area contributed by atoms with Crippen molar-refractivity contribution in [3.8, 4) is 11.8 Å². The number of ether oxygens (including phenoxy) is 1. The molecule has 1 aromatic rings. The summed E-state index contributed by atoms with van der Waals surface area (Å²) >= 11 is 1.36. The number of hydrogen-bond acceptors (Lipinski definition) is 4. The topological polar surface area (TPSA) is 58.6 Å². The van der Waals surface area contributed by atoms with E-state index in [9.17, 15) is 4.79 Å². The van der Waals surface area contributed by atoms with Crippen LogP contribution in [-0.2, 0) is 4.74 Å². The van der Waals surface area contributed by atoms with Crippen molar-refractivity contribution in [2.24, 2.45) is 0 Å². The van der Waals surface area contributed by atoms with Crippen LogP contribution >= 0.6 is 11.3 Å². The van der Waals surface area contributed by atoms with Crippen molar-refractivity contribution >= 4 is 17.2 Å². The number of hydrogen-bond donors (Lipinski definition) is 2. The van der Waals surface area contributed by atoms with Crippen LogP contribution in [0.15, 0.2) is 11.4 Å². The molecule has 21 heavy (non-hydrogen) atoms. The Labute approximate surface area is 129 Å². The molecule has 1 amide bonds. The Kier molecular flexibility index (Phi) is 6.74. The highest BCUT2D eigenvalue weighted by molar-refractivity contribution is 7.12. The number of rotatable bonds is 5. The fourth-order valence-corrected chi connectivity index (χ4v) is 3.19. The molecule has 0 unspecified atom stereocenters. The number of carbonyl (C=O) groups excluding carboxylic acids is 1. The Morgan fingerprint density at radius 3 is 3.00 bits per heavy atom. The van der Waals surface area contributed by atoms with Crippen molar-refractivity contribution in [1.82, 2.24) is 5.32 Å². The van der Waals surface area contributed by atoms with Gasteiger partial charge in [0, 0.05) is 12.1 Å². The molecule has 0 spiro atoms. The van der Waals surface area contributed by atoms with Gasteiger partial charge in [0.1, 0.15) is 11.5 Å². The number of aliphatic hydroxyl groups excluding tert-OH is 1. The Hall–Kier alpha value is -1.35. The predicted molar refractivity (Wildman–Crippen MR) is 83.4 cm³/mol. The fourth-order valence-electron chi connectivity index (χ4n) is 2.42. The lowest BCUT2D eigenvalue weighted by atomic mass is 9.98. The van der Waals surface area contributed by atoms with Gasteiger partial charge in [-0.25, -0.2) is 0 Å². The first kappa shape index (κ1) is 16.0. The lowest BCUT2D eigenvalue weighted by Gasteiger charge is -2.21. The molecule has 2 rings (SSSR count). The molecule has 1 fully saturated rings. The average Bonchev–Trinajstić information content (AvgIpc) is 2.99. The maximum absolute atomic E-state index is 12.1. The van der Waals surface area contributed by atoms with Crippen LogP contribution in [0.25, 0.3) is 0 Å². The van der Waals surface area contributed by atoms with Crippen LogP contribution in [0.4, 0.5) is 0 Å². The van der Waals surface area contributed by atoms with Gasteiger partial charge in [-0.1, -0.05) is 31.1 Å². The Bertz CT molecular complexity index is 509. The summed E-state index contributed by atoms with van der Waals surface area (Å²) in [5.41, 5.74) is 0.666. The van der Waals surface area contributed by atoms with Crippen molar-refractivity contribution < 1.29 is 14.6 Å². The summed E-state index contributed by atoms with van der Waals surface area (Å²) in [5.74, 6) is 5.22. The third kappa shape index (κ3) is 5.16. The summed E-state index contributed by atoms with van der Waals surface area (Å²) in [7, 11) is 0. The van der Waals surface area contributed by atoms with Gasteiger partial charge in [-0.3, -0.25) is 4.79 Å². The first-order valence-electron chi connectivity index (χ1n) is 7.38. The van der Waals surface area contributed by atoms with Crippen molar-refractivity contribution in [1.29, 1.82) is 0 Å². The zero-order valence-electron chi connectivity index (χ0n) is 12.1. The van der Waals surface area contributed by atoms with E-state index in [1.54, 1.807) is 6.07 Å². The van der Waals surface area contributed by atoms with E-state index in [0.29, 0.717) is 29.7 Å².